The Morgan fingerprint density at radius 3 is 2.72 bits per heavy atom. The Bertz CT molecular complexity index is 546. The van der Waals surface area contributed by atoms with Crippen LogP contribution in [0.2, 0.25) is 0 Å². The number of ether oxygens (including phenoxy) is 1. The molecule has 0 unspecified atom stereocenters. The highest BCUT2D eigenvalue weighted by Gasteiger charge is 2.10. The first kappa shape index (κ1) is 12.6. The molecule has 3 heteroatoms. The molecule has 0 heterocycles. The lowest BCUT2D eigenvalue weighted by Gasteiger charge is -2.15. The largest absolute Gasteiger partial charge is 0.468 e. The summed E-state index contributed by atoms with van der Waals surface area (Å²) in [6.07, 6.45) is 0. The number of methoxy groups -OCH3 is 1. The molecule has 18 heavy (non-hydrogen) atoms. The van der Waals surface area contributed by atoms with Gasteiger partial charge in [-0.05, 0) is 23.3 Å². The Morgan fingerprint density at radius 2 is 1.94 bits per heavy atom. The van der Waals surface area contributed by atoms with Gasteiger partial charge in [-0.2, -0.15) is 0 Å². The van der Waals surface area contributed by atoms with Crippen molar-refractivity contribution in [2.24, 2.45) is 0 Å². The number of nitrogens with one attached hydrogen (secondary N) is 1. The standard InChI is InChI=1S/C15H17NO2/c1-11(16-10-15(17)18-2)13-9-5-7-12-6-3-4-8-14(12)13/h3-9,11,16H,10H2,1-2H3/t11-/m1/s1. The van der Waals surface area contributed by atoms with Gasteiger partial charge in [-0.25, -0.2) is 0 Å². The van der Waals surface area contributed by atoms with E-state index < -0.39 is 0 Å². The van der Waals surface area contributed by atoms with Crippen molar-refractivity contribution in [3.8, 4) is 0 Å². The Hall–Kier alpha value is -1.87. The molecule has 1 N–H and O–H groups in total. The first-order chi connectivity index (χ1) is 8.72. The quantitative estimate of drug-likeness (QED) is 0.839. The van der Waals surface area contributed by atoms with Crippen molar-refractivity contribution in [2.75, 3.05) is 13.7 Å². The van der Waals surface area contributed by atoms with Crippen molar-refractivity contribution in [3.05, 3.63) is 48.0 Å². The van der Waals surface area contributed by atoms with Crippen molar-refractivity contribution in [1.82, 2.24) is 5.32 Å². The summed E-state index contributed by atoms with van der Waals surface area (Å²) < 4.78 is 4.62. The average molecular weight is 243 g/mol. The minimum Gasteiger partial charge on any atom is -0.468 e. The monoisotopic (exact) mass is 243 g/mol. The Kier molecular flexibility index (Phi) is 3.95. The minimum atomic E-state index is -0.248. The fourth-order valence-electron chi connectivity index (χ4n) is 2.05. The van der Waals surface area contributed by atoms with E-state index in [2.05, 4.69) is 34.3 Å². The third kappa shape index (κ3) is 2.68. The second-order valence-electron chi connectivity index (χ2n) is 4.25. The van der Waals surface area contributed by atoms with Crippen LogP contribution in [-0.2, 0) is 9.53 Å². The summed E-state index contributed by atoms with van der Waals surface area (Å²) in [7, 11) is 1.40. The van der Waals surface area contributed by atoms with Crippen LogP contribution in [0, 0.1) is 0 Å². The van der Waals surface area contributed by atoms with Gasteiger partial charge in [0.2, 0.25) is 0 Å². The normalized spacial score (nSPS) is 12.3. The molecular formula is C15H17NO2. The lowest BCUT2D eigenvalue weighted by molar-refractivity contribution is -0.139. The number of carbonyl (C=O) groups excluding carboxylic acids is 1. The predicted octanol–water partition coefficient (Wildman–Crippen LogP) is 2.66. The van der Waals surface area contributed by atoms with Crippen molar-refractivity contribution in [3.63, 3.8) is 0 Å². The van der Waals surface area contributed by atoms with E-state index >= 15 is 0 Å². The molecule has 0 aliphatic heterocycles. The van der Waals surface area contributed by atoms with E-state index in [0.29, 0.717) is 0 Å². The highest BCUT2D eigenvalue weighted by atomic mass is 16.5. The molecule has 2 aromatic rings. The molecule has 0 aliphatic carbocycles. The van der Waals surface area contributed by atoms with E-state index in [1.54, 1.807) is 0 Å². The second-order valence-corrected chi connectivity index (χ2v) is 4.25. The molecule has 0 bridgehead atoms. The van der Waals surface area contributed by atoms with Crippen LogP contribution < -0.4 is 5.32 Å². The third-order valence-corrected chi connectivity index (χ3v) is 3.07. The molecule has 0 radical (unpaired) electrons. The summed E-state index contributed by atoms with van der Waals surface area (Å²) >= 11 is 0. The molecule has 0 aliphatic rings. The van der Waals surface area contributed by atoms with Crippen LogP contribution >= 0.6 is 0 Å². The second kappa shape index (κ2) is 5.65. The van der Waals surface area contributed by atoms with E-state index in [0.717, 1.165) is 0 Å². The number of carbonyl (C=O) groups is 1. The number of hydrogen-bond acceptors (Lipinski definition) is 3. The first-order valence-electron chi connectivity index (χ1n) is 6.00. The lowest BCUT2D eigenvalue weighted by atomic mass is 10.00. The number of fused-ring (bicyclic) bond motifs is 1. The Morgan fingerprint density at radius 1 is 1.22 bits per heavy atom. The van der Waals surface area contributed by atoms with Crippen LogP contribution in [0.3, 0.4) is 0 Å². The van der Waals surface area contributed by atoms with E-state index in [-0.39, 0.29) is 18.6 Å². The number of rotatable bonds is 4. The molecule has 3 nitrogen and oxygen atoms in total. The van der Waals surface area contributed by atoms with E-state index in [1.807, 2.05) is 25.1 Å². The van der Waals surface area contributed by atoms with Crippen LogP contribution in [0.15, 0.2) is 42.5 Å². The van der Waals surface area contributed by atoms with E-state index in [9.17, 15) is 4.79 Å². The molecule has 1 atom stereocenters. The van der Waals surface area contributed by atoms with Crippen molar-refractivity contribution in [2.45, 2.75) is 13.0 Å². The van der Waals surface area contributed by atoms with E-state index in [4.69, 9.17) is 0 Å². The maximum atomic E-state index is 11.1. The molecule has 0 amide bonds. The summed E-state index contributed by atoms with van der Waals surface area (Å²) in [5, 5.41) is 5.59. The fraction of sp³-hybridized carbons (Fsp3) is 0.267. The Labute approximate surface area is 107 Å². The topological polar surface area (TPSA) is 38.3 Å². The number of hydrogen-bond donors (Lipinski definition) is 1. The average Bonchev–Trinajstić information content (AvgIpc) is 2.43. The lowest BCUT2D eigenvalue weighted by Crippen LogP contribution is -2.26. The summed E-state index contributed by atoms with van der Waals surface area (Å²) in [6, 6.07) is 14.6. The van der Waals surface area contributed by atoms with Crippen LogP contribution in [0.25, 0.3) is 10.8 Å². The van der Waals surface area contributed by atoms with Gasteiger partial charge in [0.15, 0.2) is 0 Å². The molecule has 94 valence electrons. The smallest absolute Gasteiger partial charge is 0.319 e. The fourth-order valence-corrected chi connectivity index (χ4v) is 2.05. The summed E-state index contributed by atoms with van der Waals surface area (Å²) in [4.78, 5) is 11.1. The van der Waals surface area contributed by atoms with Crippen molar-refractivity contribution >= 4 is 16.7 Å². The highest BCUT2D eigenvalue weighted by molar-refractivity contribution is 5.86. The van der Waals surface area contributed by atoms with Gasteiger partial charge in [0.1, 0.15) is 0 Å². The molecule has 2 aromatic carbocycles. The summed E-state index contributed by atoms with van der Waals surface area (Å²) in [6.45, 7) is 2.27. The first-order valence-corrected chi connectivity index (χ1v) is 6.00. The van der Waals surface area contributed by atoms with Crippen molar-refractivity contribution < 1.29 is 9.53 Å². The highest BCUT2D eigenvalue weighted by Crippen LogP contribution is 2.23. The molecule has 0 fully saturated rings. The SMILES string of the molecule is COC(=O)CN[C@H](C)c1cccc2ccccc12. The van der Waals surface area contributed by atoms with Gasteiger partial charge >= 0.3 is 5.97 Å². The summed E-state index contributed by atoms with van der Waals surface area (Å²) in [5.74, 6) is -0.248. The number of benzene rings is 2. The van der Waals surface area contributed by atoms with Gasteiger partial charge in [-0.1, -0.05) is 42.5 Å². The molecule has 0 spiro atoms. The zero-order valence-corrected chi connectivity index (χ0v) is 10.6. The van der Waals surface area contributed by atoms with Gasteiger partial charge in [-0.15, -0.1) is 0 Å². The van der Waals surface area contributed by atoms with Gasteiger partial charge in [0.25, 0.3) is 0 Å². The van der Waals surface area contributed by atoms with Crippen LogP contribution in [-0.4, -0.2) is 19.6 Å². The van der Waals surface area contributed by atoms with Gasteiger partial charge in [-0.3, -0.25) is 4.79 Å². The molecule has 0 saturated heterocycles. The minimum absolute atomic E-state index is 0.107. The zero-order valence-electron chi connectivity index (χ0n) is 10.6. The van der Waals surface area contributed by atoms with E-state index in [1.165, 1.54) is 23.4 Å². The molecule has 0 saturated carbocycles. The molecule has 2 rings (SSSR count). The molecule has 0 aromatic heterocycles. The van der Waals surface area contributed by atoms with Gasteiger partial charge < -0.3 is 10.1 Å². The number of esters is 1. The maximum Gasteiger partial charge on any atom is 0.319 e. The van der Waals surface area contributed by atoms with Crippen LogP contribution in [0.4, 0.5) is 0 Å². The van der Waals surface area contributed by atoms with Gasteiger partial charge in [0.05, 0.1) is 13.7 Å². The Balaban J connectivity index is 2.22. The maximum absolute atomic E-state index is 11.1. The van der Waals surface area contributed by atoms with Crippen molar-refractivity contribution in [1.29, 1.82) is 0 Å². The third-order valence-electron chi connectivity index (χ3n) is 3.07. The summed E-state index contributed by atoms with van der Waals surface area (Å²) in [5.41, 5.74) is 1.19. The molecular weight excluding hydrogens is 226 g/mol. The van der Waals surface area contributed by atoms with Crippen LogP contribution in [0.1, 0.15) is 18.5 Å². The van der Waals surface area contributed by atoms with Gasteiger partial charge in [0, 0.05) is 6.04 Å². The van der Waals surface area contributed by atoms with Crippen LogP contribution in [0.5, 0.6) is 0 Å². The predicted molar refractivity (Wildman–Crippen MR) is 72.4 cm³/mol. The zero-order chi connectivity index (χ0) is 13.0.